The molecule has 1 saturated heterocycles. The van der Waals surface area contributed by atoms with E-state index in [1.165, 1.54) is 0 Å². The second kappa shape index (κ2) is 8.00. The molecule has 0 spiro atoms. The molecule has 1 unspecified atom stereocenters. The van der Waals surface area contributed by atoms with Crippen molar-refractivity contribution in [1.82, 2.24) is 10.2 Å². The van der Waals surface area contributed by atoms with E-state index < -0.39 is 0 Å². The van der Waals surface area contributed by atoms with Gasteiger partial charge in [0.15, 0.2) is 0 Å². The van der Waals surface area contributed by atoms with Crippen LogP contribution in [0.15, 0.2) is 24.3 Å². The molecular weight excluding hydrogens is 266 g/mol. The molecule has 5 heteroatoms. The van der Waals surface area contributed by atoms with Crippen LogP contribution < -0.4 is 15.8 Å². The number of carbonyl (C=O) groups excluding carboxylic acids is 1. The number of amides is 1. The van der Waals surface area contributed by atoms with Gasteiger partial charge in [-0.3, -0.25) is 9.69 Å². The van der Waals surface area contributed by atoms with Gasteiger partial charge in [0.1, 0.15) is 12.4 Å². The lowest BCUT2D eigenvalue weighted by Crippen LogP contribution is -2.43. The lowest BCUT2D eigenvalue weighted by Gasteiger charge is -2.31. The molecule has 116 valence electrons. The summed E-state index contributed by atoms with van der Waals surface area (Å²) >= 11 is 0. The summed E-state index contributed by atoms with van der Waals surface area (Å²) in [5, 5.41) is 2.74. The second-order valence-corrected chi connectivity index (χ2v) is 5.45. The van der Waals surface area contributed by atoms with E-state index in [1.807, 2.05) is 24.3 Å². The van der Waals surface area contributed by atoms with Crippen LogP contribution in [-0.2, 0) is 11.3 Å². The van der Waals surface area contributed by atoms with Crippen molar-refractivity contribution in [3.8, 4) is 5.75 Å². The Morgan fingerprint density at radius 1 is 1.43 bits per heavy atom. The number of benzene rings is 1. The molecule has 5 nitrogen and oxygen atoms in total. The van der Waals surface area contributed by atoms with E-state index in [0.29, 0.717) is 13.2 Å². The molecule has 1 amide bonds. The Morgan fingerprint density at radius 3 is 2.86 bits per heavy atom. The van der Waals surface area contributed by atoms with E-state index in [-0.39, 0.29) is 11.8 Å². The van der Waals surface area contributed by atoms with Gasteiger partial charge in [0.05, 0.1) is 5.92 Å². The van der Waals surface area contributed by atoms with Gasteiger partial charge in [0.2, 0.25) is 5.91 Å². The highest BCUT2D eigenvalue weighted by molar-refractivity contribution is 5.78. The van der Waals surface area contributed by atoms with Crippen LogP contribution in [0, 0.1) is 5.92 Å². The fraction of sp³-hybridized carbons (Fsp3) is 0.562. The number of rotatable bonds is 6. The Bertz CT molecular complexity index is 447. The Hall–Kier alpha value is -1.59. The van der Waals surface area contributed by atoms with Crippen molar-refractivity contribution in [3.05, 3.63) is 29.8 Å². The Balaban J connectivity index is 1.73. The molecule has 0 aromatic heterocycles. The molecule has 1 fully saturated rings. The zero-order chi connectivity index (χ0) is 15.1. The van der Waals surface area contributed by atoms with Gasteiger partial charge >= 0.3 is 0 Å². The first-order valence-electron chi connectivity index (χ1n) is 7.58. The van der Waals surface area contributed by atoms with Crippen molar-refractivity contribution >= 4 is 5.91 Å². The van der Waals surface area contributed by atoms with E-state index in [2.05, 4.69) is 10.2 Å². The average Bonchev–Trinajstić information content (AvgIpc) is 2.55. The number of nitrogens with one attached hydrogen (secondary N) is 1. The number of nitrogens with zero attached hydrogens (tertiary/aromatic N) is 1. The van der Waals surface area contributed by atoms with E-state index in [4.69, 9.17) is 10.5 Å². The molecule has 0 bridgehead atoms. The minimum absolute atomic E-state index is 0.118. The fourth-order valence-corrected chi connectivity index (χ4v) is 2.69. The predicted octanol–water partition coefficient (Wildman–Crippen LogP) is 0.982. The Kier molecular flexibility index (Phi) is 6.02. The third kappa shape index (κ3) is 4.72. The highest BCUT2D eigenvalue weighted by atomic mass is 16.5. The Morgan fingerprint density at radius 2 is 2.19 bits per heavy atom. The van der Waals surface area contributed by atoms with Crippen molar-refractivity contribution < 1.29 is 9.53 Å². The lowest BCUT2D eigenvalue weighted by molar-refractivity contribution is -0.126. The molecule has 1 aromatic carbocycles. The largest absolute Gasteiger partial charge is 0.492 e. The number of likely N-dealkylation sites (tertiary alicyclic amines) is 1. The molecule has 3 N–H and O–H groups in total. The quantitative estimate of drug-likeness (QED) is 0.820. The van der Waals surface area contributed by atoms with Crippen molar-refractivity contribution in [2.24, 2.45) is 11.7 Å². The number of carbonyl (C=O) groups is 1. The van der Waals surface area contributed by atoms with E-state index in [1.54, 1.807) is 7.05 Å². The van der Waals surface area contributed by atoms with Crippen LogP contribution in [0.4, 0.5) is 0 Å². The number of nitrogens with two attached hydrogens (primary N) is 1. The first-order valence-corrected chi connectivity index (χ1v) is 7.58. The fourth-order valence-electron chi connectivity index (χ4n) is 2.69. The highest BCUT2D eigenvalue weighted by Gasteiger charge is 2.24. The molecule has 1 aromatic rings. The molecule has 0 saturated carbocycles. The number of piperidine rings is 1. The monoisotopic (exact) mass is 291 g/mol. The van der Waals surface area contributed by atoms with Gasteiger partial charge in [-0.05, 0) is 37.1 Å². The van der Waals surface area contributed by atoms with Gasteiger partial charge in [0.25, 0.3) is 0 Å². The molecule has 1 aliphatic rings. The van der Waals surface area contributed by atoms with E-state index >= 15 is 0 Å². The van der Waals surface area contributed by atoms with Gasteiger partial charge in [0, 0.05) is 26.7 Å². The van der Waals surface area contributed by atoms with Crippen LogP contribution in [0.5, 0.6) is 5.75 Å². The van der Waals surface area contributed by atoms with Crippen LogP contribution >= 0.6 is 0 Å². The van der Waals surface area contributed by atoms with Gasteiger partial charge < -0.3 is 15.8 Å². The van der Waals surface area contributed by atoms with Crippen LogP contribution in [-0.4, -0.2) is 44.1 Å². The van der Waals surface area contributed by atoms with Crippen molar-refractivity contribution in [1.29, 1.82) is 0 Å². The maximum Gasteiger partial charge on any atom is 0.224 e. The molecule has 0 aliphatic carbocycles. The maximum absolute atomic E-state index is 11.7. The zero-order valence-electron chi connectivity index (χ0n) is 12.7. The van der Waals surface area contributed by atoms with Crippen molar-refractivity contribution in [3.63, 3.8) is 0 Å². The first-order chi connectivity index (χ1) is 10.2. The minimum Gasteiger partial charge on any atom is -0.492 e. The summed E-state index contributed by atoms with van der Waals surface area (Å²) in [6.45, 7) is 3.92. The first kappa shape index (κ1) is 15.8. The summed E-state index contributed by atoms with van der Waals surface area (Å²) in [5.41, 5.74) is 6.67. The molecule has 0 radical (unpaired) electrons. The van der Waals surface area contributed by atoms with Crippen LogP contribution in [0.25, 0.3) is 0 Å². The third-order valence-corrected chi connectivity index (χ3v) is 3.96. The molecule has 1 aliphatic heterocycles. The van der Waals surface area contributed by atoms with Gasteiger partial charge in [-0.25, -0.2) is 0 Å². The lowest BCUT2D eigenvalue weighted by atomic mass is 9.97. The predicted molar refractivity (Wildman–Crippen MR) is 83.1 cm³/mol. The maximum atomic E-state index is 11.7. The topological polar surface area (TPSA) is 67.6 Å². The third-order valence-electron chi connectivity index (χ3n) is 3.96. The van der Waals surface area contributed by atoms with Crippen molar-refractivity contribution in [2.75, 3.05) is 33.3 Å². The molecule has 1 heterocycles. The minimum atomic E-state index is 0.118. The SMILES string of the molecule is CNC(=O)C1CCCN(CCOc2ccc(CN)cc2)C1. The summed E-state index contributed by atoms with van der Waals surface area (Å²) in [5.74, 6) is 1.14. The van der Waals surface area contributed by atoms with Crippen LogP contribution in [0.2, 0.25) is 0 Å². The van der Waals surface area contributed by atoms with Gasteiger partial charge in [-0.15, -0.1) is 0 Å². The summed E-state index contributed by atoms with van der Waals surface area (Å²) in [6.07, 6.45) is 2.06. The molecule has 21 heavy (non-hydrogen) atoms. The second-order valence-electron chi connectivity index (χ2n) is 5.45. The number of hydrogen-bond acceptors (Lipinski definition) is 4. The normalized spacial score (nSPS) is 19.2. The van der Waals surface area contributed by atoms with E-state index in [0.717, 1.165) is 43.8 Å². The molecule has 1 atom stereocenters. The zero-order valence-corrected chi connectivity index (χ0v) is 12.7. The highest BCUT2D eigenvalue weighted by Crippen LogP contribution is 2.17. The number of ether oxygens (including phenoxy) is 1. The van der Waals surface area contributed by atoms with Crippen molar-refractivity contribution in [2.45, 2.75) is 19.4 Å². The standard InChI is InChI=1S/C16H25N3O2/c1-18-16(20)14-3-2-8-19(12-14)9-10-21-15-6-4-13(11-17)5-7-15/h4-7,14H,2-3,8-12,17H2,1H3,(H,18,20). The van der Waals surface area contributed by atoms with Gasteiger partial charge in [-0.2, -0.15) is 0 Å². The van der Waals surface area contributed by atoms with Crippen LogP contribution in [0.1, 0.15) is 18.4 Å². The smallest absolute Gasteiger partial charge is 0.224 e. The number of hydrogen-bond donors (Lipinski definition) is 2. The molecule has 2 rings (SSSR count). The van der Waals surface area contributed by atoms with Crippen LogP contribution in [0.3, 0.4) is 0 Å². The Labute approximate surface area is 126 Å². The summed E-state index contributed by atoms with van der Waals surface area (Å²) in [4.78, 5) is 14.0. The van der Waals surface area contributed by atoms with E-state index in [9.17, 15) is 4.79 Å². The summed E-state index contributed by atoms with van der Waals surface area (Å²) in [6, 6.07) is 7.87. The summed E-state index contributed by atoms with van der Waals surface area (Å²) in [7, 11) is 1.70. The van der Waals surface area contributed by atoms with Gasteiger partial charge in [-0.1, -0.05) is 12.1 Å². The molecular formula is C16H25N3O2. The summed E-state index contributed by atoms with van der Waals surface area (Å²) < 4.78 is 5.75. The average molecular weight is 291 g/mol.